The first-order chi connectivity index (χ1) is 9.81. The SMILES string of the molecule is COCCNCC(Cc1ccco1)c1ccccc1Cl. The second-order valence-electron chi connectivity index (χ2n) is 4.70. The molecule has 2 aromatic rings. The van der Waals surface area contributed by atoms with Crippen LogP contribution >= 0.6 is 11.6 Å². The van der Waals surface area contributed by atoms with Gasteiger partial charge in [0.25, 0.3) is 0 Å². The van der Waals surface area contributed by atoms with Gasteiger partial charge in [0.1, 0.15) is 5.76 Å². The van der Waals surface area contributed by atoms with Gasteiger partial charge in [0.05, 0.1) is 12.9 Å². The highest BCUT2D eigenvalue weighted by atomic mass is 35.5. The van der Waals surface area contributed by atoms with E-state index in [0.29, 0.717) is 6.61 Å². The molecule has 0 fully saturated rings. The molecule has 20 heavy (non-hydrogen) atoms. The average molecular weight is 294 g/mol. The van der Waals surface area contributed by atoms with Crippen molar-refractivity contribution >= 4 is 11.6 Å². The number of ether oxygens (including phenoxy) is 1. The summed E-state index contributed by atoms with van der Waals surface area (Å²) in [6.45, 7) is 2.37. The molecule has 0 saturated heterocycles. The first-order valence-corrected chi connectivity index (χ1v) is 7.15. The molecule has 4 heteroatoms. The van der Waals surface area contributed by atoms with E-state index in [1.54, 1.807) is 13.4 Å². The van der Waals surface area contributed by atoms with Crippen molar-refractivity contribution in [3.63, 3.8) is 0 Å². The average Bonchev–Trinajstić information content (AvgIpc) is 2.96. The number of nitrogens with one attached hydrogen (secondary N) is 1. The number of methoxy groups -OCH3 is 1. The Morgan fingerprint density at radius 2 is 2.10 bits per heavy atom. The van der Waals surface area contributed by atoms with E-state index in [1.165, 1.54) is 0 Å². The predicted molar refractivity (Wildman–Crippen MR) is 81.4 cm³/mol. The Bertz CT molecular complexity index is 499. The third kappa shape index (κ3) is 4.37. The van der Waals surface area contributed by atoms with Crippen LogP contribution in [0.25, 0.3) is 0 Å². The van der Waals surface area contributed by atoms with Gasteiger partial charge in [-0.25, -0.2) is 0 Å². The summed E-state index contributed by atoms with van der Waals surface area (Å²) in [5.41, 5.74) is 1.15. The smallest absolute Gasteiger partial charge is 0.104 e. The third-order valence-corrected chi connectivity index (χ3v) is 3.59. The Kier molecular flexibility index (Phi) is 6.12. The van der Waals surface area contributed by atoms with E-state index < -0.39 is 0 Å². The Hall–Kier alpha value is -1.29. The minimum atomic E-state index is 0.284. The van der Waals surface area contributed by atoms with Crippen molar-refractivity contribution < 1.29 is 9.15 Å². The van der Waals surface area contributed by atoms with Crippen molar-refractivity contribution in [2.75, 3.05) is 26.8 Å². The van der Waals surface area contributed by atoms with Crippen LogP contribution in [0.2, 0.25) is 5.02 Å². The summed E-state index contributed by atoms with van der Waals surface area (Å²) in [6, 6.07) is 11.9. The highest BCUT2D eigenvalue weighted by Gasteiger charge is 2.16. The lowest BCUT2D eigenvalue weighted by Gasteiger charge is -2.18. The van der Waals surface area contributed by atoms with Gasteiger partial charge in [-0.1, -0.05) is 29.8 Å². The van der Waals surface area contributed by atoms with Crippen LogP contribution in [-0.2, 0) is 11.2 Å². The first kappa shape index (κ1) is 15.1. The fraction of sp³-hybridized carbons (Fsp3) is 0.375. The number of hydrogen-bond donors (Lipinski definition) is 1. The number of halogens is 1. The van der Waals surface area contributed by atoms with Crippen molar-refractivity contribution in [3.8, 4) is 0 Å². The molecule has 1 aromatic carbocycles. The van der Waals surface area contributed by atoms with Gasteiger partial charge in [-0.2, -0.15) is 0 Å². The molecule has 108 valence electrons. The third-order valence-electron chi connectivity index (χ3n) is 3.25. The fourth-order valence-electron chi connectivity index (χ4n) is 2.22. The van der Waals surface area contributed by atoms with Crippen LogP contribution in [-0.4, -0.2) is 26.8 Å². The summed E-state index contributed by atoms with van der Waals surface area (Å²) in [6.07, 6.45) is 2.54. The summed E-state index contributed by atoms with van der Waals surface area (Å²) in [4.78, 5) is 0. The highest BCUT2D eigenvalue weighted by molar-refractivity contribution is 6.31. The van der Waals surface area contributed by atoms with Gasteiger partial charge in [-0.15, -0.1) is 0 Å². The molecule has 0 aliphatic heterocycles. The minimum Gasteiger partial charge on any atom is -0.469 e. The monoisotopic (exact) mass is 293 g/mol. The van der Waals surface area contributed by atoms with Crippen molar-refractivity contribution in [2.45, 2.75) is 12.3 Å². The van der Waals surface area contributed by atoms with Crippen LogP contribution in [0.3, 0.4) is 0 Å². The number of rotatable bonds is 8. The highest BCUT2D eigenvalue weighted by Crippen LogP contribution is 2.27. The predicted octanol–water partition coefficient (Wildman–Crippen LogP) is 3.50. The molecule has 1 aromatic heterocycles. The molecule has 2 rings (SSSR count). The molecule has 0 bridgehead atoms. The van der Waals surface area contributed by atoms with E-state index in [-0.39, 0.29) is 5.92 Å². The van der Waals surface area contributed by atoms with Crippen LogP contribution in [0.4, 0.5) is 0 Å². The molecule has 0 aliphatic carbocycles. The molecule has 3 nitrogen and oxygen atoms in total. The van der Waals surface area contributed by atoms with Crippen molar-refractivity contribution in [1.29, 1.82) is 0 Å². The molecule has 0 radical (unpaired) electrons. The maximum absolute atomic E-state index is 6.32. The molecular formula is C16H20ClNO2. The van der Waals surface area contributed by atoms with Gasteiger partial charge in [-0.3, -0.25) is 0 Å². The van der Waals surface area contributed by atoms with Gasteiger partial charge in [0.15, 0.2) is 0 Å². The van der Waals surface area contributed by atoms with E-state index in [2.05, 4.69) is 11.4 Å². The van der Waals surface area contributed by atoms with Crippen LogP contribution < -0.4 is 5.32 Å². The van der Waals surface area contributed by atoms with Crippen LogP contribution in [0.1, 0.15) is 17.2 Å². The standard InChI is InChI=1S/C16H20ClNO2/c1-19-10-8-18-12-13(11-14-5-4-9-20-14)15-6-2-3-7-16(15)17/h2-7,9,13,18H,8,10-12H2,1H3. The zero-order valence-electron chi connectivity index (χ0n) is 11.6. The van der Waals surface area contributed by atoms with Crippen molar-refractivity contribution in [3.05, 3.63) is 59.0 Å². The fourth-order valence-corrected chi connectivity index (χ4v) is 2.51. The van der Waals surface area contributed by atoms with Gasteiger partial charge in [0.2, 0.25) is 0 Å². The first-order valence-electron chi connectivity index (χ1n) is 6.77. The normalized spacial score (nSPS) is 12.5. The van der Waals surface area contributed by atoms with Gasteiger partial charge >= 0.3 is 0 Å². The van der Waals surface area contributed by atoms with E-state index in [1.807, 2.05) is 30.3 Å². The number of benzene rings is 1. The van der Waals surface area contributed by atoms with E-state index in [9.17, 15) is 0 Å². The van der Waals surface area contributed by atoms with E-state index >= 15 is 0 Å². The summed E-state index contributed by atoms with van der Waals surface area (Å²) in [7, 11) is 1.70. The second-order valence-corrected chi connectivity index (χ2v) is 5.11. The quantitative estimate of drug-likeness (QED) is 0.757. The molecule has 0 spiro atoms. The van der Waals surface area contributed by atoms with Crippen LogP contribution in [0, 0.1) is 0 Å². The van der Waals surface area contributed by atoms with E-state index in [4.69, 9.17) is 20.8 Å². The van der Waals surface area contributed by atoms with Crippen LogP contribution in [0.15, 0.2) is 47.1 Å². The molecule has 0 saturated carbocycles. The molecule has 0 amide bonds. The molecule has 0 aliphatic rings. The zero-order valence-corrected chi connectivity index (χ0v) is 12.4. The van der Waals surface area contributed by atoms with Gasteiger partial charge in [0, 0.05) is 37.6 Å². The lowest BCUT2D eigenvalue weighted by atomic mass is 9.94. The summed E-state index contributed by atoms with van der Waals surface area (Å²) in [5.74, 6) is 1.26. The Morgan fingerprint density at radius 1 is 1.25 bits per heavy atom. The second kappa shape index (κ2) is 8.10. The largest absolute Gasteiger partial charge is 0.469 e. The Morgan fingerprint density at radius 3 is 2.80 bits per heavy atom. The lowest BCUT2D eigenvalue weighted by Crippen LogP contribution is -2.26. The van der Waals surface area contributed by atoms with Crippen molar-refractivity contribution in [1.82, 2.24) is 5.32 Å². The summed E-state index contributed by atoms with van der Waals surface area (Å²) < 4.78 is 10.5. The molecule has 1 N–H and O–H groups in total. The van der Waals surface area contributed by atoms with Gasteiger partial charge < -0.3 is 14.5 Å². The Balaban J connectivity index is 2.05. The molecule has 1 heterocycles. The summed E-state index contributed by atoms with van der Waals surface area (Å²) in [5, 5.41) is 4.20. The Labute approximate surface area is 124 Å². The number of furan rings is 1. The lowest BCUT2D eigenvalue weighted by molar-refractivity contribution is 0.199. The van der Waals surface area contributed by atoms with Crippen molar-refractivity contribution in [2.24, 2.45) is 0 Å². The van der Waals surface area contributed by atoms with E-state index in [0.717, 1.165) is 35.9 Å². The topological polar surface area (TPSA) is 34.4 Å². The molecule has 1 unspecified atom stereocenters. The minimum absolute atomic E-state index is 0.284. The maximum atomic E-state index is 6.32. The zero-order chi connectivity index (χ0) is 14.2. The maximum Gasteiger partial charge on any atom is 0.104 e. The molecule has 1 atom stereocenters. The summed E-state index contributed by atoms with van der Waals surface area (Å²) >= 11 is 6.32. The van der Waals surface area contributed by atoms with Crippen LogP contribution in [0.5, 0.6) is 0 Å². The number of hydrogen-bond acceptors (Lipinski definition) is 3. The van der Waals surface area contributed by atoms with Gasteiger partial charge in [-0.05, 0) is 23.8 Å². The molecular weight excluding hydrogens is 274 g/mol.